The number of hydrogen-bond donors (Lipinski definition) is 2. The van der Waals surface area contributed by atoms with Gasteiger partial charge in [0.2, 0.25) is 5.91 Å². The molecule has 0 aromatic carbocycles. The van der Waals surface area contributed by atoms with Crippen LogP contribution in [0.3, 0.4) is 0 Å². The first-order valence-corrected chi connectivity index (χ1v) is 7.36. The minimum Gasteiger partial charge on any atom is -0.393 e. The van der Waals surface area contributed by atoms with Gasteiger partial charge in [-0.2, -0.15) is 0 Å². The lowest BCUT2D eigenvalue weighted by atomic mass is 10.0. The van der Waals surface area contributed by atoms with Gasteiger partial charge in [-0.1, -0.05) is 6.42 Å². The zero-order chi connectivity index (χ0) is 13.0. The first kappa shape index (κ1) is 13.8. The summed E-state index contributed by atoms with van der Waals surface area (Å²) in [5, 5.41) is 13.0. The molecular formula is C14H26N2O2. The van der Waals surface area contributed by atoms with E-state index >= 15 is 0 Å². The molecule has 104 valence electrons. The second-order valence-corrected chi connectivity index (χ2v) is 5.81. The largest absolute Gasteiger partial charge is 0.393 e. The van der Waals surface area contributed by atoms with Crippen molar-refractivity contribution in [1.29, 1.82) is 0 Å². The van der Waals surface area contributed by atoms with Crippen LogP contribution in [0.1, 0.15) is 45.4 Å². The highest BCUT2D eigenvalue weighted by molar-refractivity contribution is 5.76. The van der Waals surface area contributed by atoms with Gasteiger partial charge in [-0.15, -0.1) is 0 Å². The molecule has 2 N–H and O–H groups in total. The lowest BCUT2D eigenvalue weighted by Crippen LogP contribution is -2.36. The number of nitrogens with zero attached hydrogens (tertiary/aromatic N) is 1. The third kappa shape index (κ3) is 3.69. The number of likely N-dealkylation sites (tertiary alicyclic amines) is 1. The molecule has 0 radical (unpaired) electrons. The Kier molecular flexibility index (Phi) is 5.01. The summed E-state index contributed by atoms with van der Waals surface area (Å²) in [7, 11) is 0. The van der Waals surface area contributed by atoms with Crippen molar-refractivity contribution in [2.24, 2.45) is 5.92 Å². The molecular weight excluding hydrogens is 228 g/mol. The van der Waals surface area contributed by atoms with Crippen LogP contribution < -0.4 is 5.32 Å². The summed E-state index contributed by atoms with van der Waals surface area (Å²) >= 11 is 0. The minimum absolute atomic E-state index is 0.269. The summed E-state index contributed by atoms with van der Waals surface area (Å²) in [4.78, 5) is 14.0. The van der Waals surface area contributed by atoms with E-state index < -0.39 is 0 Å². The first-order chi connectivity index (χ1) is 8.66. The molecule has 1 amide bonds. The van der Waals surface area contributed by atoms with E-state index in [0.29, 0.717) is 12.5 Å². The Morgan fingerprint density at radius 2 is 2.28 bits per heavy atom. The quantitative estimate of drug-likeness (QED) is 0.791. The number of hydrogen-bond acceptors (Lipinski definition) is 3. The molecule has 2 aliphatic heterocycles. The van der Waals surface area contributed by atoms with Gasteiger partial charge in [0.1, 0.15) is 0 Å². The number of aliphatic hydroxyl groups excluding tert-OH is 1. The van der Waals surface area contributed by atoms with E-state index in [0.717, 1.165) is 32.5 Å². The molecule has 4 nitrogen and oxygen atoms in total. The molecule has 2 heterocycles. The topological polar surface area (TPSA) is 52.6 Å². The maximum absolute atomic E-state index is 12.1. The van der Waals surface area contributed by atoms with Gasteiger partial charge < -0.3 is 15.3 Å². The Morgan fingerprint density at radius 3 is 2.89 bits per heavy atom. The standard InChI is InChI=1S/C14H26N2O2/c1-11(17)12-7-9-16(10-12)14(18)6-5-13-4-2-3-8-15-13/h11-13,15,17H,2-10H2,1H3. The number of amides is 1. The Bertz CT molecular complexity index is 275. The maximum Gasteiger partial charge on any atom is 0.222 e. The van der Waals surface area contributed by atoms with Gasteiger partial charge >= 0.3 is 0 Å². The zero-order valence-corrected chi connectivity index (χ0v) is 11.4. The first-order valence-electron chi connectivity index (χ1n) is 7.36. The molecule has 0 aromatic rings. The minimum atomic E-state index is -0.289. The molecule has 3 atom stereocenters. The monoisotopic (exact) mass is 254 g/mol. The smallest absolute Gasteiger partial charge is 0.222 e. The fourth-order valence-corrected chi connectivity index (χ4v) is 3.03. The molecule has 0 saturated carbocycles. The third-order valence-corrected chi connectivity index (χ3v) is 4.38. The van der Waals surface area contributed by atoms with Crippen LogP contribution in [0.15, 0.2) is 0 Å². The average Bonchev–Trinajstić information content (AvgIpc) is 2.87. The summed E-state index contributed by atoms with van der Waals surface area (Å²) in [6.07, 6.45) is 6.06. The molecule has 2 aliphatic rings. The molecule has 18 heavy (non-hydrogen) atoms. The van der Waals surface area contributed by atoms with Crippen molar-refractivity contribution in [2.75, 3.05) is 19.6 Å². The molecule has 0 aromatic heterocycles. The van der Waals surface area contributed by atoms with Crippen LogP contribution in [0.4, 0.5) is 0 Å². The molecule has 3 unspecified atom stereocenters. The van der Waals surface area contributed by atoms with Gasteiger partial charge in [-0.3, -0.25) is 4.79 Å². The van der Waals surface area contributed by atoms with Gasteiger partial charge in [0.05, 0.1) is 6.10 Å². The molecule has 2 saturated heterocycles. The van der Waals surface area contributed by atoms with Gasteiger partial charge in [0.15, 0.2) is 0 Å². The van der Waals surface area contributed by atoms with E-state index in [-0.39, 0.29) is 17.9 Å². The molecule has 2 fully saturated rings. The van der Waals surface area contributed by atoms with Crippen LogP contribution in [0, 0.1) is 5.92 Å². The Hall–Kier alpha value is -0.610. The van der Waals surface area contributed by atoms with Gasteiger partial charge in [0, 0.05) is 31.5 Å². The van der Waals surface area contributed by atoms with Crippen LogP contribution in [0.2, 0.25) is 0 Å². The van der Waals surface area contributed by atoms with Crippen molar-refractivity contribution < 1.29 is 9.90 Å². The highest BCUT2D eigenvalue weighted by atomic mass is 16.3. The lowest BCUT2D eigenvalue weighted by molar-refractivity contribution is -0.130. The van der Waals surface area contributed by atoms with E-state index in [1.54, 1.807) is 0 Å². The Balaban J connectivity index is 1.68. The van der Waals surface area contributed by atoms with Crippen molar-refractivity contribution in [3.8, 4) is 0 Å². The molecule has 0 bridgehead atoms. The average molecular weight is 254 g/mol. The second-order valence-electron chi connectivity index (χ2n) is 5.81. The van der Waals surface area contributed by atoms with Crippen molar-refractivity contribution in [2.45, 2.75) is 57.6 Å². The summed E-state index contributed by atoms with van der Waals surface area (Å²) in [5.41, 5.74) is 0. The SMILES string of the molecule is CC(O)C1CCN(C(=O)CCC2CCCCN2)C1. The Morgan fingerprint density at radius 1 is 1.44 bits per heavy atom. The third-order valence-electron chi connectivity index (χ3n) is 4.38. The molecule has 2 rings (SSSR count). The number of piperidine rings is 1. The van der Waals surface area contributed by atoms with Crippen molar-refractivity contribution in [3.05, 3.63) is 0 Å². The van der Waals surface area contributed by atoms with Gasteiger partial charge in [-0.25, -0.2) is 0 Å². The summed E-state index contributed by atoms with van der Waals surface area (Å²) in [5.74, 6) is 0.548. The van der Waals surface area contributed by atoms with Crippen molar-refractivity contribution in [1.82, 2.24) is 10.2 Å². The van der Waals surface area contributed by atoms with Gasteiger partial charge in [-0.05, 0) is 39.2 Å². The van der Waals surface area contributed by atoms with Crippen LogP contribution in [-0.2, 0) is 4.79 Å². The van der Waals surface area contributed by atoms with E-state index in [1.807, 2.05) is 11.8 Å². The van der Waals surface area contributed by atoms with Crippen molar-refractivity contribution >= 4 is 5.91 Å². The highest BCUT2D eigenvalue weighted by Gasteiger charge is 2.29. The number of aliphatic hydroxyl groups is 1. The predicted octanol–water partition coefficient (Wildman–Crippen LogP) is 1.14. The molecule has 4 heteroatoms. The summed E-state index contributed by atoms with van der Waals surface area (Å²) in [6.45, 7) is 4.50. The molecule has 0 spiro atoms. The van der Waals surface area contributed by atoms with Gasteiger partial charge in [0.25, 0.3) is 0 Å². The second kappa shape index (κ2) is 6.53. The Labute approximate surface area is 110 Å². The fourth-order valence-electron chi connectivity index (χ4n) is 3.03. The van der Waals surface area contributed by atoms with Crippen LogP contribution in [-0.4, -0.2) is 47.7 Å². The van der Waals surface area contributed by atoms with E-state index in [4.69, 9.17) is 0 Å². The number of rotatable bonds is 4. The molecule has 0 aliphatic carbocycles. The zero-order valence-electron chi connectivity index (χ0n) is 11.4. The summed E-state index contributed by atoms with van der Waals surface area (Å²) < 4.78 is 0. The normalized spacial score (nSPS) is 30.4. The number of carbonyl (C=O) groups is 1. The predicted molar refractivity (Wildman–Crippen MR) is 71.2 cm³/mol. The lowest BCUT2D eigenvalue weighted by Gasteiger charge is -2.24. The van der Waals surface area contributed by atoms with Crippen molar-refractivity contribution in [3.63, 3.8) is 0 Å². The fraction of sp³-hybridized carbons (Fsp3) is 0.929. The van der Waals surface area contributed by atoms with E-state index in [9.17, 15) is 9.90 Å². The van der Waals surface area contributed by atoms with E-state index in [1.165, 1.54) is 19.3 Å². The number of nitrogens with one attached hydrogen (secondary N) is 1. The van der Waals surface area contributed by atoms with E-state index in [2.05, 4.69) is 5.32 Å². The highest BCUT2D eigenvalue weighted by Crippen LogP contribution is 2.21. The maximum atomic E-state index is 12.1. The number of carbonyl (C=O) groups excluding carboxylic acids is 1. The van der Waals surface area contributed by atoms with Crippen LogP contribution in [0.25, 0.3) is 0 Å². The van der Waals surface area contributed by atoms with Crippen LogP contribution in [0.5, 0.6) is 0 Å². The summed E-state index contributed by atoms with van der Waals surface area (Å²) in [6, 6.07) is 0.540. The van der Waals surface area contributed by atoms with Crippen LogP contribution >= 0.6 is 0 Å².